The first-order valence-electron chi connectivity index (χ1n) is 9.57. The van der Waals surface area contributed by atoms with Crippen molar-refractivity contribution in [2.75, 3.05) is 25.1 Å². The first-order valence-corrected chi connectivity index (χ1v) is 9.57. The normalized spacial score (nSPS) is 11.0. The number of hydrogen-bond donors (Lipinski definition) is 1. The summed E-state index contributed by atoms with van der Waals surface area (Å²) in [4.78, 5) is 18.0. The van der Waals surface area contributed by atoms with Crippen molar-refractivity contribution < 1.29 is 9.26 Å². The highest BCUT2D eigenvalue weighted by Crippen LogP contribution is 2.33. The highest BCUT2D eigenvalue weighted by Gasteiger charge is 2.20. The second-order valence-electron chi connectivity index (χ2n) is 6.41. The van der Waals surface area contributed by atoms with Crippen LogP contribution in [0.15, 0.2) is 23.1 Å². The van der Waals surface area contributed by atoms with Crippen LogP contribution in [0.1, 0.15) is 37.2 Å². The Hall–Kier alpha value is -2.87. The van der Waals surface area contributed by atoms with Crippen LogP contribution in [0, 0.1) is 13.8 Å². The molecule has 0 unspecified atom stereocenters. The minimum absolute atomic E-state index is 0.534. The lowest BCUT2D eigenvalue weighted by Crippen LogP contribution is -2.09. The average Bonchev–Trinajstić information content (AvgIpc) is 3.08. The van der Waals surface area contributed by atoms with Crippen LogP contribution in [0.25, 0.3) is 22.7 Å². The second kappa shape index (κ2) is 9.36. The van der Waals surface area contributed by atoms with Crippen LogP contribution in [-0.2, 0) is 11.2 Å². The van der Waals surface area contributed by atoms with E-state index in [0.717, 1.165) is 48.5 Å². The standard InChI is InChI=1S/C20H26N6O2/c1-5-15-14(4)26-28-19(15)16-11-24-20(21-8-7-9-27-6-2)25-18(16)17-12-22-13(3)10-23-17/h10-12H,5-9H2,1-4H3,(H,21,24,25). The summed E-state index contributed by atoms with van der Waals surface area (Å²) in [6.07, 6.45) is 6.88. The van der Waals surface area contributed by atoms with Gasteiger partial charge in [0.25, 0.3) is 0 Å². The molecule has 0 aliphatic carbocycles. The summed E-state index contributed by atoms with van der Waals surface area (Å²) < 4.78 is 11.0. The van der Waals surface area contributed by atoms with Crippen LogP contribution in [0.4, 0.5) is 5.95 Å². The topological polar surface area (TPSA) is 98.8 Å². The third-order valence-corrected chi connectivity index (χ3v) is 4.35. The lowest BCUT2D eigenvalue weighted by atomic mass is 10.0. The smallest absolute Gasteiger partial charge is 0.223 e. The molecule has 3 aromatic rings. The molecule has 148 valence electrons. The summed E-state index contributed by atoms with van der Waals surface area (Å²) in [7, 11) is 0. The van der Waals surface area contributed by atoms with Gasteiger partial charge in [-0.15, -0.1) is 0 Å². The molecule has 0 saturated carbocycles. The quantitative estimate of drug-likeness (QED) is 0.560. The van der Waals surface area contributed by atoms with Gasteiger partial charge in [0.05, 0.1) is 23.1 Å². The van der Waals surface area contributed by atoms with Gasteiger partial charge in [0.2, 0.25) is 5.95 Å². The molecule has 0 saturated heterocycles. The molecule has 8 nitrogen and oxygen atoms in total. The van der Waals surface area contributed by atoms with E-state index in [0.29, 0.717) is 29.7 Å². The number of nitrogens with one attached hydrogen (secondary N) is 1. The van der Waals surface area contributed by atoms with E-state index in [-0.39, 0.29) is 0 Å². The Kier molecular flexibility index (Phi) is 6.65. The molecule has 0 aromatic carbocycles. The number of anilines is 1. The fourth-order valence-electron chi connectivity index (χ4n) is 2.88. The molecule has 0 aliphatic heterocycles. The van der Waals surface area contributed by atoms with E-state index >= 15 is 0 Å². The minimum atomic E-state index is 0.534. The lowest BCUT2D eigenvalue weighted by Gasteiger charge is -2.10. The maximum Gasteiger partial charge on any atom is 0.223 e. The zero-order chi connectivity index (χ0) is 19.9. The van der Waals surface area contributed by atoms with E-state index in [1.165, 1.54) is 0 Å². The Morgan fingerprint density at radius 1 is 1.07 bits per heavy atom. The molecule has 0 amide bonds. The Bertz CT molecular complexity index is 908. The maximum atomic E-state index is 5.61. The summed E-state index contributed by atoms with van der Waals surface area (Å²) in [5, 5.41) is 7.36. The molecule has 0 radical (unpaired) electrons. The van der Waals surface area contributed by atoms with Crippen molar-refractivity contribution in [2.24, 2.45) is 0 Å². The molecule has 0 fully saturated rings. The summed E-state index contributed by atoms with van der Waals surface area (Å²) in [5.74, 6) is 1.21. The van der Waals surface area contributed by atoms with E-state index in [4.69, 9.17) is 14.2 Å². The third-order valence-electron chi connectivity index (χ3n) is 4.35. The van der Waals surface area contributed by atoms with Gasteiger partial charge in [0.15, 0.2) is 5.76 Å². The molecule has 0 aliphatic rings. The summed E-state index contributed by atoms with van der Waals surface area (Å²) in [6, 6.07) is 0. The first-order chi connectivity index (χ1) is 13.6. The van der Waals surface area contributed by atoms with Crippen LogP contribution in [0.2, 0.25) is 0 Å². The van der Waals surface area contributed by atoms with Gasteiger partial charge in [-0.3, -0.25) is 9.97 Å². The summed E-state index contributed by atoms with van der Waals surface area (Å²) >= 11 is 0. The molecule has 3 aromatic heterocycles. The number of hydrogen-bond acceptors (Lipinski definition) is 8. The molecule has 1 N–H and O–H groups in total. The highest BCUT2D eigenvalue weighted by atomic mass is 16.5. The minimum Gasteiger partial charge on any atom is -0.382 e. The van der Waals surface area contributed by atoms with Crippen LogP contribution >= 0.6 is 0 Å². The molecule has 3 rings (SSSR count). The number of rotatable bonds is 9. The van der Waals surface area contributed by atoms with Crippen molar-refractivity contribution in [3.05, 3.63) is 35.5 Å². The lowest BCUT2D eigenvalue weighted by molar-refractivity contribution is 0.147. The molecular weight excluding hydrogens is 356 g/mol. The van der Waals surface area contributed by atoms with Crippen molar-refractivity contribution in [3.63, 3.8) is 0 Å². The highest BCUT2D eigenvalue weighted by molar-refractivity contribution is 5.78. The Morgan fingerprint density at radius 2 is 1.93 bits per heavy atom. The number of ether oxygens (including phenoxy) is 1. The van der Waals surface area contributed by atoms with Gasteiger partial charge in [-0.05, 0) is 33.6 Å². The average molecular weight is 382 g/mol. The van der Waals surface area contributed by atoms with Crippen LogP contribution in [0.3, 0.4) is 0 Å². The molecule has 0 spiro atoms. The largest absolute Gasteiger partial charge is 0.382 e. The Balaban J connectivity index is 1.96. The number of aryl methyl sites for hydroxylation is 2. The molecule has 0 bridgehead atoms. The Labute approximate surface area is 164 Å². The zero-order valence-electron chi connectivity index (χ0n) is 16.8. The first kappa shape index (κ1) is 19.9. The van der Waals surface area contributed by atoms with Gasteiger partial charge >= 0.3 is 0 Å². The van der Waals surface area contributed by atoms with Crippen molar-refractivity contribution in [1.82, 2.24) is 25.1 Å². The Morgan fingerprint density at radius 3 is 2.64 bits per heavy atom. The van der Waals surface area contributed by atoms with Crippen molar-refractivity contribution in [1.29, 1.82) is 0 Å². The van der Waals surface area contributed by atoms with Gasteiger partial charge in [0, 0.05) is 37.7 Å². The monoisotopic (exact) mass is 382 g/mol. The van der Waals surface area contributed by atoms with Crippen molar-refractivity contribution in [3.8, 4) is 22.7 Å². The van der Waals surface area contributed by atoms with Crippen molar-refractivity contribution in [2.45, 2.75) is 40.5 Å². The third kappa shape index (κ3) is 4.51. The predicted molar refractivity (Wildman–Crippen MR) is 107 cm³/mol. The zero-order valence-corrected chi connectivity index (χ0v) is 16.8. The maximum absolute atomic E-state index is 5.61. The molecule has 28 heavy (non-hydrogen) atoms. The van der Waals surface area contributed by atoms with Gasteiger partial charge in [-0.25, -0.2) is 9.97 Å². The van der Waals surface area contributed by atoms with Crippen LogP contribution in [0.5, 0.6) is 0 Å². The van der Waals surface area contributed by atoms with Crippen LogP contribution < -0.4 is 5.32 Å². The summed E-state index contributed by atoms with van der Waals surface area (Å²) in [6.45, 7) is 10.0. The summed E-state index contributed by atoms with van der Waals surface area (Å²) in [5.41, 5.74) is 4.85. The fourth-order valence-corrected chi connectivity index (χ4v) is 2.88. The van der Waals surface area contributed by atoms with Crippen molar-refractivity contribution >= 4 is 5.95 Å². The van der Waals surface area contributed by atoms with E-state index in [1.807, 2.05) is 20.8 Å². The van der Waals surface area contributed by atoms with E-state index in [9.17, 15) is 0 Å². The van der Waals surface area contributed by atoms with Crippen LogP contribution in [-0.4, -0.2) is 44.9 Å². The van der Waals surface area contributed by atoms with E-state index in [2.05, 4.69) is 32.3 Å². The molecule has 0 atom stereocenters. The predicted octanol–water partition coefficient (Wildman–Crippen LogP) is 3.61. The number of nitrogens with zero attached hydrogens (tertiary/aromatic N) is 5. The number of aromatic nitrogens is 5. The molecule has 3 heterocycles. The second-order valence-corrected chi connectivity index (χ2v) is 6.41. The van der Waals surface area contributed by atoms with Gasteiger partial charge in [-0.1, -0.05) is 12.1 Å². The SMILES string of the molecule is CCOCCCNc1ncc(-c2onc(C)c2CC)c(-c2cnc(C)cn2)n1. The van der Waals surface area contributed by atoms with Gasteiger partial charge in [-0.2, -0.15) is 0 Å². The van der Waals surface area contributed by atoms with Gasteiger partial charge in [0.1, 0.15) is 11.4 Å². The molecule has 8 heteroatoms. The fraction of sp³-hybridized carbons (Fsp3) is 0.450. The van der Waals surface area contributed by atoms with Gasteiger partial charge < -0.3 is 14.6 Å². The molecular formula is C20H26N6O2. The van der Waals surface area contributed by atoms with E-state index < -0.39 is 0 Å². The van der Waals surface area contributed by atoms with E-state index in [1.54, 1.807) is 18.6 Å².